The normalized spacial score (nSPS) is 14.5. The second-order valence-corrected chi connectivity index (χ2v) is 4.77. The number of hydrogen-bond acceptors (Lipinski definition) is 2. The Kier molecular flexibility index (Phi) is 3.36. The van der Waals surface area contributed by atoms with Gasteiger partial charge in [-0.05, 0) is 49.4 Å². The van der Waals surface area contributed by atoms with E-state index in [1.807, 2.05) is 26.0 Å². The van der Waals surface area contributed by atoms with Crippen LogP contribution in [0.25, 0.3) is 0 Å². The van der Waals surface area contributed by atoms with Gasteiger partial charge < -0.3 is 10.1 Å². The van der Waals surface area contributed by atoms with Crippen LogP contribution in [-0.4, -0.2) is 19.1 Å². The van der Waals surface area contributed by atoms with Crippen LogP contribution < -0.4 is 10.1 Å². The molecule has 2 rings (SSSR count). The number of benzene rings is 1. The molecule has 0 unspecified atom stereocenters. The van der Waals surface area contributed by atoms with Gasteiger partial charge in [0.25, 0.3) is 0 Å². The molecule has 0 bridgehead atoms. The average molecular weight is 233 g/mol. The van der Waals surface area contributed by atoms with Crippen molar-refractivity contribution in [3.63, 3.8) is 0 Å². The van der Waals surface area contributed by atoms with Gasteiger partial charge in [-0.2, -0.15) is 0 Å². The minimum Gasteiger partial charge on any atom is -0.496 e. The molecule has 1 aliphatic rings. The summed E-state index contributed by atoms with van der Waals surface area (Å²) >= 11 is 0. The van der Waals surface area contributed by atoms with Crippen LogP contribution in [-0.2, 0) is 11.2 Å². The molecule has 1 amide bonds. The zero-order valence-electron chi connectivity index (χ0n) is 10.7. The molecule has 0 aliphatic heterocycles. The van der Waals surface area contributed by atoms with E-state index in [1.165, 1.54) is 0 Å². The van der Waals surface area contributed by atoms with Crippen molar-refractivity contribution < 1.29 is 9.53 Å². The maximum Gasteiger partial charge on any atom is 0.224 e. The van der Waals surface area contributed by atoms with E-state index >= 15 is 0 Å². The first-order valence-electron chi connectivity index (χ1n) is 6.03. The summed E-state index contributed by atoms with van der Waals surface area (Å²) in [5, 5.41) is 3.01. The van der Waals surface area contributed by atoms with Crippen molar-refractivity contribution >= 4 is 5.91 Å². The summed E-state index contributed by atoms with van der Waals surface area (Å²) in [6.45, 7) is 4.02. The molecule has 92 valence electrons. The Bertz CT molecular complexity index is 436. The predicted molar refractivity (Wildman–Crippen MR) is 67.3 cm³/mol. The molecule has 1 fully saturated rings. The molecule has 3 nitrogen and oxygen atoms in total. The minimum absolute atomic E-state index is 0.125. The van der Waals surface area contributed by atoms with Crippen molar-refractivity contribution in [1.82, 2.24) is 5.32 Å². The summed E-state index contributed by atoms with van der Waals surface area (Å²) in [5.41, 5.74) is 3.27. The maximum atomic E-state index is 11.7. The summed E-state index contributed by atoms with van der Waals surface area (Å²) in [4.78, 5) is 11.7. The Labute approximate surface area is 102 Å². The average Bonchev–Trinajstić information content (AvgIpc) is 3.06. The van der Waals surface area contributed by atoms with Gasteiger partial charge in [0, 0.05) is 6.04 Å². The fourth-order valence-corrected chi connectivity index (χ4v) is 1.94. The highest BCUT2D eigenvalue weighted by molar-refractivity contribution is 5.79. The van der Waals surface area contributed by atoms with E-state index in [-0.39, 0.29) is 5.91 Å². The highest BCUT2D eigenvalue weighted by atomic mass is 16.5. The number of amides is 1. The van der Waals surface area contributed by atoms with E-state index in [0.29, 0.717) is 12.5 Å². The van der Waals surface area contributed by atoms with Crippen molar-refractivity contribution in [3.8, 4) is 5.75 Å². The van der Waals surface area contributed by atoms with Gasteiger partial charge in [-0.25, -0.2) is 0 Å². The van der Waals surface area contributed by atoms with Crippen LogP contribution in [0.3, 0.4) is 0 Å². The number of ether oxygens (including phenoxy) is 1. The molecular weight excluding hydrogens is 214 g/mol. The first-order valence-corrected chi connectivity index (χ1v) is 6.03. The molecule has 0 saturated heterocycles. The van der Waals surface area contributed by atoms with Crippen molar-refractivity contribution in [2.45, 2.75) is 39.2 Å². The van der Waals surface area contributed by atoms with Crippen LogP contribution in [0.1, 0.15) is 29.5 Å². The van der Waals surface area contributed by atoms with Gasteiger partial charge in [0.2, 0.25) is 5.91 Å². The second kappa shape index (κ2) is 4.78. The number of hydrogen-bond donors (Lipinski definition) is 1. The molecule has 1 aliphatic carbocycles. The molecular formula is C14H19NO2. The lowest BCUT2D eigenvalue weighted by Crippen LogP contribution is -2.27. The first kappa shape index (κ1) is 12.0. The fraction of sp³-hybridized carbons (Fsp3) is 0.500. The zero-order valence-corrected chi connectivity index (χ0v) is 10.7. The number of nitrogens with one attached hydrogen (secondary N) is 1. The lowest BCUT2D eigenvalue weighted by Gasteiger charge is -2.11. The first-order chi connectivity index (χ1) is 8.10. The summed E-state index contributed by atoms with van der Waals surface area (Å²) in [5.74, 6) is 1.01. The summed E-state index contributed by atoms with van der Waals surface area (Å²) < 4.78 is 5.26. The van der Waals surface area contributed by atoms with Crippen LogP contribution >= 0.6 is 0 Å². The van der Waals surface area contributed by atoms with Gasteiger partial charge in [0.15, 0.2) is 0 Å². The van der Waals surface area contributed by atoms with Gasteiger partial charge >= 0.3 is 0 Å². The largest absolute Gasteiger partial charge is 0.496 e. The SMILES string of the molecule is COc1cc(C)c(CC(=O)NC2CC2)cc1C. The number of carbonyl (C=O) groups is 1. The van der Waals surface area contributed by atoms with Crippen LogP contribution in [0.4, 0.5) is 0 Å². The molecule has 1 saturated carbocycles. The Balaban J connectivity index is 2.09. The van der Waals surface area contributed by atoms with Crippen molar-refractivity contribution in [1.29, 1.82) is 0 Å². The smallest absolute Gasteiger partial charge is 0.224 e. The minimum atomic E-state index is 0.125. The number of rotatable bonds is 4. The van der Waals surface area contributed by atoms with Gasteiger partial charge in [-0.15, -0.1) is 0 Å². The molecule has 0 spiro atoms. The lowest BCUT2D eigenvalue weighted by atomic mass is 10.0. The third-order valence-electron chi connectivity index (χ3n) is 3.15. The van der Waals surface area contributed by atoms with E-state index in [1.54, 1.807) is 7.11 Å². The highest BCUT2D eigenvalue weighted by Gasteiger charge is 2.23. The van der Waals surface area contributed by atoms with E-state index in [9.17, 15) is 4.79 Å². The Morgan fingerprint density at radius 3 is 2.65 bits per heavy atom. The summed E-state index contributed by atoms with van der Waals surface area (Å²) in [6, 6.07) is 4.47. The molecule has 0 atom stereocenters. The molecule has 1 aromatic rings. The van der Waals surface area contributed by atoms with Crippen LogP contribution in [0, 0.1) is 13.8 Å². The molecule has 3 heteroatoms. The number of aryl methyl sites for hydroxylation is 2. The standard InChI is InChI=1S/C14H19NO2/c1-9-7-13(17-3)10(2)6-11(9)8-14(16)15-12-4-5-12/h6-7,12H,4-5,8H2,1-3H3,(H,15,16). The van der Waals surface area contributed by atoms with Gasteiger partial charge in [0.1, 0.15) is 5.75 Å². The van der Waals surface area contributed by atoms with Crippen LogP contribution in [0.2, 0.25) is 0 Å². The summed E-state index contributed by atoms with van der Waals surface area (Å²) in [6.07, 6.45) is 2.73. The third-order valence-corrected chi connectivity index (χ3v) is 3.15. The van der Waals surface area contributed by atoms with Crippen LogP contribution in [0.15, 0.2) is 12.1 Å². The van der Waals surface area contributed by atoms with E-state index in [0.717, 1.165) is 35.3 Å². The fourth-order valence-electron chi connectivity index (χ4n) is 1.94. The van der Waals surface area contributed by atoms with E-state index in [4.69, 9.17) is 4.74 Å². The van der Waals surface area contributed by atoms with Crippen LogP contribution in [0.5, 0.6) is 5.75 Å². The van der Waals surface area contributed by atoms with Gasteiger partial charge in [0.05, 0.1) is 13.5 Å². The molecule has 1 aromatic carbocycles. The predicted octanol–water partition coefficient (Wildman–Crippen LogP) is 2.13. The summed E-state index contributed by atoms with van der Waals surface area (Å²) in [7, 11) is 1.67. The molecule has 0 aromatic heterocycles. The quantitative estimate of drug-likeness (QED) is 0.865. The zero-order chi connectivity index (χ0) is 12.4. The van der Waals surface area contributed by atoms with Gasteiger partial charge in [-0.1, -0.05) is 6.07 Å². The van der Waals surface area contributed by atoms with E-state index < -0.39 is 0 Å². The van der Waals surface area contributed by atoms with Gasteiger partial charge in [-0.3, -0.25) is 4.79 Å². The lowest BCUT2D eigenvalue weighted by molar-refractivity contribution is -0.120. The van der Waals surface area contributed by atoms with Crippen molar-refractivity contribution in [2.75, 3.05) is 7.11 Å². The highest BCUT2D eigenvalue weighted by Crippen LogP contribution is 2.23. The second-order valence-electron chi connectivity index (χ2n) is 4.77. The molecule has 1 N–H and O–H groups in total. The van der Waals surface area contributed by atoms with E-state index in [2.05, 4.69) is 5.32 Å². The Morgan fingerprint density at radius 1 is 1.35 bits per heavy atom. The molecule has 0 radical (unpaired) electrons. The topological polar surface area (TPSA) is 38.3 Å². The third kappa shape index (κ3) is 2.99. The van der Waals surface area contributed by atoms with Crippen molar-refractivity contribution in [2.24, 2.45) is 0 Å². The maximum absolute atomic E-state index is 11.7. The molecule has 17 heavy (non-hydrogen) atoms. The monoisotopic (exact) mass is 233 g/mol. The number of methoxy groups -OCH3 is 1. The number of carbonyl (C=O) groups excluding carboxylic acids is 1. The molecule has 0 heterocycles. The van der Waals surface area contributed by atoms with Crippen molar-refractivity contribution in [3.05, 3.63) is 28.8 Å². The Hall–Kier alpha value is -1.51. The Morgan fingerprint density at radius 2 is 2.06 bits per heavy atom.